The van der Waals surface area contributed by atoms with Crippen LogP contribution in [0.3, 0.4) is 0 Å². The van der Waals surface area contributed by atoms with E-state index >= 15 is 0 Å². The minimum Gasteiger partial charge on any atom is -0.493 e. The molecule has 6 N–H and O–H groups in total. The Bertz CT molecular complexity index is 902. The summed E-state index contributed by atoms with van der Waals surface area (Å²) in [6.45, 7) is 3.32. The van der Waals surface area contributed by atoms with Crippen molar-refractivity contribution in [3.8, 4) is 11.6 Å². The average molecular weight is 316 g/mol. The highest BCUT2D eigenvalue weighted by atomic mass is 16.3. The summed E-state index contributed by atoms with van der Waals surface area (Å²) in [6, 6.07) is 6.82. The number of hydrogen-bond donors (Lipinski definition) is 4. The number of aromatic nitrogens is 2. The number of benzene rings is 1. The lowest BCUT2D eigenvalue weighted by Gasteiger charge is -2.11. The van der Waals surface area contributed by atoms with E-state index in [0.717, 1.165) is 10.1 Å². The smallest absolute Gasteiger partial charge is 0.335 e. The van der Waals surface area contributed by atoms with Crippen LogP contribution in [0, 0.1) is 6.92 Å². The Hall–Kier alpha value is -3.36. The molecular formula is C14H16N6O3. The number of rotatable bonds is 3. The van der Waals surface area contributed by atoms with Crippen LogP contribution in [0.2, 0.25) is 0 Å². The number of H-pyrrole nitrogens is 1. The van der Waals surface area contributed by atoms with Crippen LogP contribution in [0.1, 0.15) is 18.1 Å². The Morgan fingerprint density at radius 1 is 1.17 bits per heavy atom. The van der Waals surface area contributed by atoms with Gasteiger partial charge in [-0.1, -0.05) is 17.7 Å². The molecular weight excluding hydrogens is 300 g/mol. The fraction of sp³-hybridized carbons (Fsp3) is 0.143. The molecule has 1 heterocycles. The first-order valence-electron chi connectivity index (χ1n) is 6.60. The first-order chi connectivity index (χ1) is 10.8. The van der Waals surface area contributed by atoms with Gasteiger partial charge in [-0.25, -0.2) is 9.36 Å². The Labute approximate surface area is 130 Å². The summed E-state index contributed by atoms with van der Waals surface area (Å²) >= 11 is 0. The standard InChI is InChI=1S/C14H16N6O3/c1-7-3-5-9(6-4-7)20-12(22)10(11(21)17-14(20)23)8(2)18-19-13(15)16/h3-6,22H,1-2H3,(H4,15,16,19)(H,17,21,23)/b18-8+. The average Bonchev–Trinajstić information content (AvgIpc) is 2.46. The molecule has 2 aromatic rings. The molecule has 0 fully saturated rings. The minimum absolute atomic E-state index is 0.0537. The number of nitrogens with one attached hydrogen (secondary N) is 1. The summed E-state index contributed by atoms with van der Waals surface area (Å²) in [7, 11) is 0. The lowest BCUT2D eigenvalue weighted by Crippen LogP contribution is -2.32. The number of aromatic amines is 1. The van der Waals surface area contributed by atoms with Crippen molar-refractivity contribution >= 4 is 11.7 Å². The van der Waals surface area contributed by atoms with Crippen LogP contribution in [0.4, 0.5) is 0 Å². The molecule has 0 atom stereocenters. The third kappa shape index (κ3) is 3.28. The van der Waals surface area contributed by atoms with Gasteiger partial charge < -0.3 is 16.6 Å². The number of aromatic hydroxyl groups is 1. The van der Waals surface area contributed by atoms with Gasteiger partial charge in [-0.15, -0.1) is 5.10 Å². The summed E-state index contributed by atoms with van der Waals surface area (Å²) in [5.74, 6) is -0.846. The van der Waals surface area contributed by atoms with Crippen molar-refractivity contribution in [2.45, 2.75) is 13.8 Å². The van der Waals surface area contributed by atoms with Crippen LogP contribution in [0.5, 0.6) is 5.88 Å². The van der Waals surface area contributed by atoms with Gasteiger partial charge in [0.15, 0.2) is 0 Å². The predicted octanol–water partition coefficient (Wildman–Crippen LogP) is -0.463. The number of hydrogen-bond acceptors (Lipinski definition) is 5. The second-order valence-electron chi connectivity index (χ2n) is 4.84. The van der Waals surface area contributed by atoms with Crippen molar-refractivity contribution in [1.29, 1.82) is 0 Å². The normalized spacial score (nSPS) is 11.3. The van der Waals surface area contributed by atoms with E-state index in [-0.39, 0.29) is 17.2 Å². The molecule has 2 rings (SSSR count). The van der Waals surface area contributed by atoms with Crippen molar-refractivity contribution in [3.63, 3.8) is 0 Å². The lowest BCUT2D eigenvalue weighted by atomic mass is 10.2. The second-order valence-corrected chi connectivity index (χ2v) is 4.84. The van der Waals surface area contributed by atoms with Crippen LogP contribution >= 0.6 is 0 Å². The predicted molar refractivity (Wildman–Crippen MR) is 87.1 cm³/mol. The van der Waals surface area contributed by atoms with E-state index in [0.29, 0.717) is 5.69 Å². The van der Waals surface area contributed by atoms with Gasteiger partial charge in [0.1, 0.15) is 5.56 Å². The first kappa shape index (κ1) is 16.0. The minimum atomic E-state index is -0.789. The molecule has 0 saturated carbocycles. The molecule has 0 saturated heterocycles. The monoisotopic (exact) mass is 316 g/mol. The molecule has 9 nitrogen and oxygen atoms in total. The van der Waals surface area contributed by atoms with E-state index in [1.54, 1.807) is 24.3 Å². The SMILES string of the molecule is C/C(=N\N=C(N)N)c1c(O)n(-c2ccc(C)cc2)c(=O)[nH]c1=O. The van der Waals surface area contributed by atoms with Crippen LogP contribution in [-0.4, -0.2) is 26.3 Å². The molecule has 0 radical (unpaired) electrons. The van der Waals surface area contributed by atoms with Crippen LogP contribution < -0.4 is 22.7 Å². The molecule has 0 aliphatic heterocycles. The first-order valence-corrected chi connectivity index (χ1v) is 6.60. The van der Waals surface area contributed by atoms with Crippen molar-refractivity contribution in [1.82, 2.24) is 9.55 Å². The summed E-state index contributed by atoms with van der Waals surface area (Å²) in [6.07, 6.45) is 0. The molecule has 1 aromatic heterocycles. The maximum absolute atomic E-state index is 12.0. The highest BCUT2D eigenvalue weighted by Gasteiger charge is 2.17. The molecule has 23 heavy (non-hydrogen) atoms. The molecule has 0 bridgehead atoms. The number of nitrogens with zero attached hydrogens (tertiary/aromatic N) is 3. The van der Waals surface area contributed by atoms with Crippen molar-refractivity contribution in [2.24, 2.45) is 21.7 Å². The Morgan fingerprint density at radius 2 is 1.78 bits per heavy atom. The fourth-order valence-corrected chi connectivity index (χ4v) is 1.97. The second kappa shape index (κ2) is 6.18. The Morgan fingerprint density at radius 3 is 2.35 bits per heavy atom. The highest BCUT2D eigenvalue weighted by Crippen LogP contribution is 2.17. The molecule has 0 aliphatic rings. The zero-order valence-corrected chi connectivity index (χ0v) is 12.6. The summed E-state index contributed by atoms with van der Waals surface area (Å²) in [5.41, 5.74) is 10.0. The summed E-state index contributed by atoms with van der Waals surface area (Å²) < 4.78 is 0.963. The lowest BCUT2D eigenvalue weighted by molar-refractivity contribution is 0.429. The van der Waals surface area contributed by atoms with Gasteiger partial charge in [0.25, 0.3) is 5.56 Å². The van der Waals surface area contributed by atoms with E-state index in [4.69, 9.17) is 11.5 Å². The highest BCUT2D eigenvalue weighted by molar-refractivity contribution is 6.00. The van der Waals surface area contributed by atoms with Crippen molar-refractivity contribution in [2.75, 3.05) is 0 Å². The Kier molecular flexibility index (Phi) is 4.30. The Balaban J connectivity index is 2.72. The van der Waals surface area contributed by atoms with Gasteiger partial charge in [-0.2, -0.15) is 5.10 Å². The number of nitrogens with two attached hydrogens (primary N) is 2. The number of aryl methyl sites for hydroxylation is 1. The zero-order valence-electron chi connectivity index (χ0n) is 12.6. The summed E-state index contributed by atoms with van der Waals surface area (Å²) in [4.78, 5) is 26.1. The largest absolute Gasteiger partial charge is 0.493 e. The third-order valence-corrected chi connectivity index (χ3v) is 3.06. The zero-order chi connectivity index (χ0) is 17.1. The van der Waals surface area contributed by atoms with Gasteiger partial charge in [0.05, 0.1) is 11.4 Å². The van der Waals surface area contributed by atoms with Crippen molar-refractivity contribution in [3.05, 3.63) is 56.2 Å². The third-order valence-electron chi connectivity index (χ3n) is 3.06. The van der Waals surface area contributed by atoms with Gasteiger partial charge in [0, 0.05) is 0 Å². The maximum atomic E-state index is 12.0. The molecule has 0 spiro atoms. The van der Waals surface area contributed by atoms with Gasteiger partial charge in [-0.05, 0) is 26.0 Å². The van der Waals surface area contributed by atoms with E-state index in [1.807, 2.05) is 6.92 Å². The van der Waals surface area contributed by atoms with E-state index in [2.05, 4.69) is 15.2 Å². The van der Waals surface area contributed by atoms with Crippen LogP contribution in [-0.2, 0) is 0 Å². The van der Waals surface area contributed by atoms with Gasteiger partial charge in [-0.3, -0.25) is 9.78 Å². The quantitative estimate of drug-likeness (QED) is 0.343. The molecule has 1 aromatic carbocycles. The molecule has 0 unspecified atom stereocenters. The van der Waals surface area contributed by atoms with Gasteiger partial charge in [0.2, 0.25) is 11.8 Å². The van der Waals surface area contributed by atoms with E-state index < -0.39 is 17.1 Å². The fourth-order valence-electron chi connectivity index (χ4n) is 1.97. The van der Waals surface area contributed by atoms with Crippen LogP contribution in [0.15, 0.2) is 44.1 Å². The summed E-state index contributed by atoms with van der Waals surface area (Å²) in [5, 5.41) is 17.4. The van der Waals surface area contributed by atoms with E-state index in [1.165, 1.54) is 6.92 Å². The van der Waals surface area contributed by atoms with Gasteiger partial charge >= 0.3 is 5.69 Å². The van der Waals surface area contributed by atoms with Crippen molar-refractivity contribution < 1.29 is 5.11 Å². The number of guanidine groups is 1. The molecule has 0 amide bonds. The molecule has 9 heteroatoms. The van der Waals surface area contributed by atoms with E-state index in [9.17, 15) is 14.7 Å². The topological polar surface area (TPSA) is 152 Å². The molecule has 120 valence electrons. The maximum Gasteiger partial charge on any atom is 0.335 e. The van der Waals surface area contributed by atoms with Crippen LogP contribution in [0.25, 0.3) is 5.69 Å². The molecule has 0 aliphatic carbocycles.